The summed E-state index contributed by atoms with van der Waals surface area (Å²) in [5, 5.41) is 9.75. The lowest BCUT2D eigenvalue weighted by atomic mass is 9.94. The summed E-state index contributed by atoms with van der Waals surface area (Å²) in [6.07, 6.45) is 3.06. The topological polar surface area (TPSA) is 32.7 Å². The number of aromatic hydroxyl groups is 1. The minimum absolute atomic E-state index is 0.356. The molecule has 3 nitrogen and oxygen atoms in total. The van der Waals surface area contributed by atoms with Crippen LogP contribution < -0.4 is 4.74 Å². The minimum Gasteiger partial charge on any atom is -0.508 e. The highest BCUT2D eigenvalue weighted by Crippen LogP contribution is 2.24. The minimum atomic E-state index is 0.356. The van der Waals surface area contributed by atoms with Gasteiger partial charge in [-0.25, -0.2) is 0 Å². The second-order valence-corrected chi connectivity index (χ2v) is 6.08. The molecule has 0 saturated carbocycles. The molecule has 3 heteroatoms. The Morgan fingerprint density at radius 3 is 2.41 bits per heavy atom. The van der Waals surface area contributed by atoms with Gasteiger partial charge in [0.05, 0.1) is 7.11 Å². The molecular formula is C19H23NO2. The Kier molecular flexibility index (Phi) is 4.34. The lowest BCUT2D eigenvalue weighted by Crippen LogP contribution is -2.23. The van der Waals surface area contributed by atoms with Gasteiger partial charge in [0, 0.05) is 13.1 Å². The molecular weight excluding hydrogens is 274 g/mol. The molecule has 1 N–H and O–H groups in total. The zero-order chi connectivity index (χ0) is 15.5. The molecule has 3 rings (SSSR count). The first-order valence-corrected chi connectivity index (χ1v) is 7.81. The summed E-state index contributed by atoms with van der Waals surface area (Å²) in [7, 11) is 3.85. The number of aryl methyl sites for hydroxylation is 2. The first-order chi connectivity index (χ1) is 10.7. The van der Waals surface area contributed by atoms with Gasteiger partial charge in [-0.05, 0) is 72.8 Å². The van der Waals surface area contributed by atoms with Crippen molar-refractivity contribution in [2.45, 2.75) is 25.8 Å². The maximum Gasteiger partial charge on any atom is 0.119 e. The summed E-state index contributed by atoms with van der Waals surface area (Å²) in [6.45, 7) is 1.87. The second-order valence-electron chi connectivity index (χ2n) is 6.08. The zero-order valence-electron chi connectivity index (χ0n) is 13.3. The van der Waals surface area contributed by atoms with Gasteiger partial charge in [0.25, 0.3) is 0 Å². The number of rotatable bonds is 1. The SMILES string of the molecule is COc1ccc2c(c1)CCN(C)Cc1cc(O)ccc1CC2. The van der Waals surface area contributed by atoms with E-state index in [1.54, 1.807) is 13.2 Å². The molecule has 116 valence electrons. The van der Waals surface area contributed by atoms with Crippen LogP contribution in [0.25, 0.3) is 0 Å². The number of phenolic OH excluding ortho intramolecular Hbond substituents is 1. The third-order valence-corrected chi connectivity index (χ3v) is 4.47. The number of phenols is 1. The van der Waals surface area contributed by atoms with Gasteiger partial charge in [-0.3, -0.25) is 0 Å². The van der Waals surface area contributed by atoms with Crippen molar-refractivity contribution in [2.24, 2.45) is 0 Å². The van der Waals surface area contributed by atoms with Gasteiger partial charge in [0.15, 0.2) is 0 Å². The van der Waals surface area contributed by atoms with Gasteiger partial charge in [-0.2, -0.15) is 0 Å². The average molecular weight is 297 g/mol. The third-order valence-electron chi connectivity index (χ3n) is 4.47. The largest absolute Gasteiger partial charge is 0.508 e. The average Bonchev–Trinajstić information content (AvgIpc) is 2.52. The Balaban J connectivity index is 1.94. The molecule has 0 aromatic heterocycles. The molecule has 1 heterocycles. The molecule has 0 spiro atoms. The van der Waals surface area contributed by atoms with Crippen LogP contribution in [0.4, 0.5) is 0 Å². The molecule has 0 fully saturated rings. The molecule has 0 aliphatic carbocycles. The van der Waals surface area contributed by atoms with Crippen LogP contribution in [0.15, 0.2) is 36.4 Å². The number of benzene rings is 2. The van der Waals surface area contributed by atoms with E-state index in [4.69, 9.17) is 4.74 Å². The number of ether oxygens (including phenoxy) is 1. The summed E-state index contributed by atoms with van der Waals surface area (Å²) in [5.74, 6) is 1.29. The quantitative estimate of drug-likeness (QED) is 0.877. The van der Waals surface area contributed by atoms with E-state index in [2.05, 4.69) is 30.1 Å². The van der Waals surface area contributed by atoms with E-state index in [0.717, 1.165) is 38.1 Å². The van der Waals surface area contributed by atoms with Crippen LogP contribution in [0.2, 0.25) is 0 Å². The zero-order valence-corrected chi connectivity index (χ0v) is 13.3. The summed E-state index contributed by atoms with van der Waals surface area (Å²) in [6, 6.07) is 12.2. The van der Waals surface area contributed by atoms with Crippen molar-refractivity contribution in [3.05, 3.63) is 58.7 Å². The molecule has 1 aliphatic heterocycles. The Bertz CT molecular complexity index is 666. The molecule has 0 atom stereocenters. The predicted molar refractivity (Wildman–Crippen MR) is 88.5 cm³/mol. The Labute approximate surface area is 132 Å². The van der Waals surface area contributed by atoms with Crippen LogP contribution in [0.3, 0.4) is 0 Å². The molecule has 2 aromatic carbocycles. The Hall–Kier alpha value is -2.00. The Morgan fingerprint density at radius 2 is 1.64 bits per heavy atom. The smallest absolute Gasteiger partial charge is 0.119 e. The van der Waals surface area contributed by atoms with E-state index in [1.807, 2.05) is 12.1 Å². The van der Waals surface area contributed by atoms with E-state index in [9.17, 15) is 5.11 Å². The van der Waals surface area contributed by atoms with Gasteiger partial charge in [-0.1, -0.05) is 12.1 Å². The molecule has 0 saturated heterocycles. The van der Waals surface area contributed by atoms with E-state index in [1.165, 1.54) is 22.3 Å². The van der Waals surface area contributed by atoms with E-state index >= 15 is 0 Å². The van der Waals surface area contributed by atoms with Crippen molar-refractivity contribution in [1.29, 1.82) is 0 Å². The van der Waals surface area contributed by atoms with Crippen LogP contribution in [-0.4, -0.2) is 30.7 Å². The van der Waals surface area contributed by atoms with Gasteiger partial charge in [0.1, 0.15) is 11.5 Å². The molecule has 0 amide bonds. The van der Waals surface area contributed by atoms with Gasteiger partial charge in [0.2, 0.25) is 0 Å². The normalized spacial score (nSPS) is 15.7. The van der Waals surface area contributed by atoms with Crippen LogP contribution >= 0.6 is 0 Å². The molecule has 0 unspecified atom stereocenters. The van der Waals surface area contributed by atoms with Gasteiger partial charge in [-0.15, -0.1) is 0 Å². The van der Waals surface area contributed by atoms with Crippen molar-refractivity contribution >= 4 is 0 Å². The van der Waals surface area contributed by atoms with Crippen molar-refractivity contribution < 1.29 is 9.84 Å². The Morgan fingerprint density at radius 1 is 0.909 bits per heavy atom. The second kappa shape index (κ2) is 6.41. The van der Waals surface area contributed by atoms with Gasteiger partial charge < -0.3 is 14.7 Å². The third kappa shape index (κ3) is 3.25. The fourth-order valence-electron chi connectivity index (χ4n) is 3.16. The van der Waals surface area contributed by atoms with E-state index < -0.39 is 0 Å². The van der Waals surface area contributed by atoms with Crippen molar-refractivity contribution in [2.75, 3.05) is 20.7 Å². The summed E-state index contributed by atoms with van der Waals surface area (Å²) in [5.41, 5.74) is 5.34. The van der Waals surface area contributed by atoms with Crippen molar-refractivity contribution in [3.8, 4) is 11.5 Å². The molecule has 2 aromatic rings. The molecule has 22 heavy (non-hydrogen) atoms. The van der Waals surface area contributed by atoms with Crippen LogP contribution in [0, 0.1) is 0 Å². The van der Waals surface area contributed by atoms with Gasteiger partial charge >= 0.3 is 0 Å². The van der Waals surface area contributed by atoms with Crippen LogP contribution in [0.1, 0.15) is 22.3 Å². The number of hydrogen-bond donors (Lipinski definition) is 1. The highest BCUT2D eigenvalue weighted by molar-refractivity contribution is 5.39. The summed E-state index contributed by atoms with van der Waals surface area (Å²) >= 11 is 0. The number of hydrogen-bond acceptors (Lipinski definition) is 3. The van der Waals surface area contributed by atoms with E-state index in [0.29, 0.717) is 5.75 Å². The van der Waals surface area contributed by atoms with E-state index in [-0.39, 0.29) is 0 Å². The monoisotopic (exact) mass is 297 g/mol. The highest BCUT2D eigenvalue weighted by Gasteiger charge is 2.13. The van der Waals surface area contributed by atoms with Crippen molar-refractivity contribution in [1.82, 2.24) is 4.90 Å². The fourth-order valence-corrected chi connectivity index (χ4v) is 3.16. The molecule has 0 bridgehead atoms. The number of fused-ring (bicyclic) bond motifs is 2. The fraction of sp³-hybridized carbons (Fsp3) is 0.368. The maximum atomic E-state index is 9.75. The summed E-state index contributed by atoms with van der Waals surface area (Å²) < 4.78 is 5.36. The number of methoxy groups -OCH3 is 1. The van der Waals surface area contributed by atoms with Crippen LogP contribution in [0.5, 0.6) is 11.5 Å². The number of likely N-dealkylation sites (N-methyl/N-ethyl adjacent to an activating group) is 1. The van der Waals surface area contributed by atoms with Crippen LogP contribution in [-0.2, 0) is 25.8 Å². The van der Waals surface area contributed by atoms with Crippen molar-refractivity contribution in [3.63, 3.8) is 0 Å². The predicted octanol–water partition coefficient (Wildman–Crippen LogP) is 3.17. The highest BCUT2D eigenvalue weighted by atomic mass is 16.5. The first kappa shape index (κ1) is 14.9. The first-order valence-electron chi connectivity index (χ1n) is 7.81. The standard InChI is InChI=1S/C19H23NO2/c1-20-10-9-16-12-19(22-2)8-6-14(16)3-4-15-5-7-18(21)11-17(15)13-20/h5-8,11-12,21H,3-4,9-10,13H2,1-2H3. The lowest BCUT2D eigenvalue weighted by molar-refractivity contribution is 0.328. The number of nitrogens with zero attached hydrogens (tertiary/aromatic N) is 1. The molecule has 0 radical (unpaired) electrons. The maximum absolute atomic E-state index is 9.75. The molecule has 1 aliphatic rings. The lowest BCUT2D eigenvalue weighted by Gasteiger charge is -2.22. The summed E-state index contributed by atoms with van der Waals surface area (Å²) in [4.78, 5) is 2.31.